The molecule has 0 aliphatic carbocycles. The smallest absolute Gasteiger partial charge is 0.270 e. The molecule has 2 atom stereocenters. The van der Waals surface area contributed by atoms with E-state index in [-0.39, 0.29) is 5.91 Å². The molecule has 2 unspecified atom stereocenters. The number of likely N-dealkylation sites (N-methyl/N-ethyl adjacent to an activating group) is 1. The molecule has 1 N–H and O–H groups in total. The van der Waals surface area contributed by atoms with Gasteiger partial charge < -0.3 is 14.8 Å². The average molecular weight is 326 g/mol. The second-order valence-electron chi connectivity index (χ2n) is 5.63. The number of halogens is 1. The number of carbonyl (C=O) groups excluding carboxylic acids is 1. The minimum absolute atomic E-state index is 0.147. The highest BCUT2D eigenvalue weighted by Crippen LogP contribution is 2.30. The van der Waals surface area contributed by atoms with Gasteiger partial charge in [-0.25, -0.2) is 0 Å². The van der Waals surface area contributed by atoms with Crippen LogP contribution in [0.1, 0.15) is 36.2 Å². The zero-order valence-corrected chi connectivity index (χ0v) is 12.8. The van der Waals surface area contributed by atoms with Crippen molar-refractivity contribution >= 4 is 21.8 Å². The lowest BCUT2D eigenvalue weighted by Gasteiger charge is -2.33. The normalized spacial score (nSPS) is 28.2. The van der Waals surface area contributed by atoms with Crippen LogP contribution in [0.25, 0.3) is 0 Å². The van der Waals surface area contributed by atoms with Crippen molar-refractivity contribution in [1.29, 1.82) is 0 Å². The monoisotopic (exact) mass is 325 g/mol. The van der Waals surface area contributed by atoms with E-state index in [1.807, 2.05) is 12.3 Å². The number of H-pyrrole nitrogens is 1. The summed E-state index contributed by atoms with van der Waals surface area (Å²) >= 11 is 3.39. The lowest BCUT2D eigenvalue weighted by atomic mass is 10.0. The van der Waals surface area contributed by atoms with Gasteiger partial charge in [0, 0.05) is 29.3 Å². The summed E-state index contributed by atoms with van der Waals surface area (Å²) in [6, 6.07) is 2.81. The Labute approximate surface area is 122 Å². The molecular weight excluding hydrogens is 306 g/mol. The van der Waals surface area contributed by atoms with E-state index in [0.717, 1.165) is 30.4 Å². The van der Waals surface area contributed by atoms with Crippen LogP contribution in [0, 0.1) is 0 Å². The molecule has 2 aliphatic heterocycles. The van der Waals surface area contributed by atoms with Gasteiger partial charge in [-0.2, -0.15) is 0 Å². The summed E-state index contributed by atoms with van der Waals surface area (Å²) in [5.74, 6) is 0.147. The predicted octanol–water partition coefficient (Wildman–Crippen LogP) is 2.48. The van der Waals surface area contributed by atoms with Gasteiger partial charge >= 0.3 is 0 Å². The standard InChI is InChI=1S/C14H20BrN3O/c1-17-6-2-4-12(17)13-5-3-7-18(13)14(19)11-8-10(15)9-16-11/h8-9,12-13,16H,2-7H2,1H3. The van der Waals surface area contributed by atoms with Crippen LogP contribution in [0.15, 0.2) is 16.7 Å². The number of amides is 1. The summed E-state index contributed by atoms with van der Waals surface area (Å²) in [5.41, 5.74) is 0.694. The fourth-order valence-electron chi connectivity index (χ4n) is 3.51. The van der Waals surface area contributed by atoms with E-state index in [0.29, 0.717) is 17.8 Å². The highest BCUT2D eigenvalue weighted by atomic mass is 79.9. The number of carbonyl (C=O) groups is 1. The van der Waals surface area contributed by atoms with Crippen molar-refractivity contribution in [2.24, 2.45) is 0 Å². The van der Waals surface area contributed by atoms with Crippen LogP contribution in [0.3, 0.4) is 0 Å². The molecule has 0 radical (unpaired) electrons. The van der Waals surface area contributed by atoms with Gasteiger partial charge in [-0.05, 0) is 61.3 Å². The first kappa shape index (κ1) is 13.2. The molecule has 1 amide bonds. The number of aromatic nitrogens is 1. The lowest BCUT2D eigenvalue weighted by molar-refractivity contribution is 0.0659. The van der Waals surface area contributed by atoms with Gasteiger partial charge in [0.25, 0.3) is 5.91 Å². The number of hydrogen-bond acceptors (Lipinski definition) is 2. The molecule has 0 aromatic carbocycles. The van der Waals surface area contributed by atoms with Crippen LogP contribution in [0.4, 0.5) is 0 Å². The van der Waals surface area contributed by atoms with Crippen molar-refractivity contribution in [3.63, 3.8) is 0 Å². The molecule has 1 aromatic rings. The van der Waals surface area contributed by atoms with Gasteiger partial charge in [0.15, 0.2) is 0 Å². The van der Waals surface area contributed by atoms with E-state index in [9.17, 15) is 4.79 Å². The van der Waals surface area contributed by atoms with E-state index in [1.54, 1.807) is 0 Å². The molecule has 5 heteroatoms. The first-order valence-corrected chi connectivity index (χ1v) is 7.81. The van der Waals surface area contributed by atoms with Gasteiger partial charge in [-0.15, -0.1) is 0 Å². The van der Waals surface area contributed by atoms with E-state index >= 15 is 0 Å². The zero-order valence-electron chi connectivity index (χ0n) is 11.2. The van der Waals surface area contributed by atoms with E-state index in [1.165, 1.54) is 12.8 Å². The number of nitrogens with zero attached hydrogens (tertiary/aromatic N) is 2. The van der Waals surface area contributed by atoms with Crippen molar-refractivity contribution in [2.75, 3.05) is 20.1 Å². The molecule has 3 heterocycles. The minimum atomic E-state index is 0.147. The quantitative estimate of drug-likeness (QED) is 0.907. The Morgan fingerprint density at radius 2 is 2.05 bits per heavy atom. The minimum Gasteiger partial charge on any atom is -0.356 e. The van der Waals surface area contributed by atoms with Gasteiger partial charge in [0.05, 0.1) is 0 Å². The van der Waals surface area contributed by atoms with Crippen LogP contribution in [-0.2, 0) is 0 Å². The van der Waals surface area contributed by atoms with Crippen LogP contribution < -0.4 is 0 Å². The summed E-state index contributed by atoms with van der Waals surface area (Å²) in [5, 5.41) is 0. The maximum absolute atomic E-state index is 12.6. The Hall–Kier alpha value is -0.810. The predicted molar refractivity (Wildman–Crippen MR) is 78.2 cm³/mol. The third-order valence-corrected chi connectivity index (χ3v) is 4.92. The Morgan fingerprint density at radius 1 is 1.32 bits per heavy atom. The highest BCUT2D eigenvalue weighted by Gasteiger charge is 2.38. The molecule has 0 bridgehead atoms. The number of likely N-dealkylation sites (tertiary alicyclic amines) is 2. The first-order valence-electron chi connectivity index (χ1n) is 7.02. The average Bonchev–Trinajstić information content (AvgIpc) is 3.07. The van der Waals surface area contributed by atoms with Crippen LogP contribution in [0.5, 0.6) is 0 Å². The van der Waals surface area contributed by atoms with Crippen molar-refractivity contribution in [2.45, 2.75) is 37.8 Å². The van der Waals surface area contributed by atoms with Gasteiger partial charge in [-0.3, -0.25) is 4.79 Å². The first-order chi connectivity index (χ1) is 9.16. The fourth-order valence-corrected chi connectivity index (χ4v) is 3.86. The molecule has 0 spiro atoms. The maximum Gasteiger partial charge on any atom is 0.270 e. The van der Waals surface area contributed by atoms with Gasteiger partial charge in [0.1, 0.15) is 5.69 Å². The largest absolute Gasteiger partial charge is 0.356 e. The second-order valence-corrected chi connectivity index (χ2v) is 6.55. The Bertz CT molecular complexity index is 473. The zero-order chi connectivity index (χ0) is 13.4. The molecule has 2 fully saturated rings. The molecule has 2 saturated heterocycles. The molecule has 2 aliphatic rings. The Balaban J connectivity index is 1.77. The summed E-state index contributed by atoms with van der Waals surface area (Å²) in [6.07, 6.45) is 6.57. The van der Waals surface area contributed by atoms with Crippen molar-refractivity contribution in [1.82, 2.24) is 14.8 Å². The highest BCUT2D eigenvalue weighted by molar-refractivity contribution is 9.10. The fraction of sp³-hybridized carbons (Fsp3) is 0.643. The number of aromatic amines is 1. The molecule has 0 saturated carbocycles. The Kier molecular flexibility index (Phi) is 3.67. The number of rotatable bonds is 2. The molecule has 104 valence electrons. The van der Waals surface area contributed by atoms with Gasteiger partial charge in [0.2, 0.25) is 0 Å². The Morgan fingerprint density at radius 3 is 2.68 bits per heavy atom. The van der Waals surface area contributed by atoms with Crippen LogP contribution in [-0.4, -0.2) is 52.9 Å². The van der Waals surface area contributed by atoms with Crippen LogP contribution in [0.2, 0.25) is 0 Å². The maximum atomic E-state index is 12.6. The molecular formula is C14H20BrN3O. The third-order valence-electron chi connectivity index (χ3n) is 4.46. The molecule has 3 rings (SSSR count). The third kappa shape index (κ3) is 2.46. The number of hydrogen-bond donors (Lipinski definition) is 1. The van der Waals surface area contributed by atoms with Crippen molar-refractivity contribution in [3.8, 4) is 0 Å². The summed E-state index contributed by atoms with van der Waals surface area (Å²) in [4.78, 5) is 20.1. The van der Waals surface area contributed by atoms with E-state index in [2.05, 4.69) is 37.8 Å². The molecule has 19 heavy (non-hydrogen) atoms. The lowest BCUT2D eigenvalue weighted by Crippen LogP contribution is -2.47. The summed E-state index contributed by atoms with van der Waals surface area (Å²) < 4.78 is 0.935. The topological polar surface area (TPSA) is 39.3 Å². The van der Waals surface area contributed by atoms with Gasteiger partial charge in [-0.1, -0.05) is 0 Å². The van der Waals surface area contributed by atoms with E-state index in [4.69, 9.17) is 0 Å². The summed E-state index contributed by atoms with van der Waals surface area (Å²) in [6.45, 7) is 2.06. The SMILES string of the molecule is CN1CCCC1C1CCCN1C(=O)c1cc(Br)c[nH]1. The van der Waals surface area contributed by atoms with Crippen molar-refractivity contribution in [3.05, 3.63) is 22.4 Å². The van der Waals surface area contributed by atoms with Crippen LogP contribution >= 0.6 is 15.9 Å². The summed E-state index contributed by atoms with van der Waals surface area (Å²) in [7, 11) is 2.18. The number of nitrogens with one attached hydrogen (secondary N) is 1. The molecule has 4 nitrogen and oxygen atoms in total. The van der Waals surface area contributed by atoms with Crippen molar-refractivity contribution < 1.29 is 4.79 Å². The second kappa shape index (κ2) is 5.29. The van der Waals surface area contributed by atoms with E-state index < -0.39 is 0 Å². The molecule has 1 aromatic heterocycles.